The van der Waals surface area contributed by atoms with E-state index in [4.69, 9.17) is 11.6 Å². The van der Waals surface area contributed by atoms with Crippen LogP contribution >= 0.6 is 35.1 Å². The van der Waals surface area contributed by atoms with Crippen molar-refractivity contribution in [2.45, 2.75) is 23.5 Å². The van der Waals surface area contributed by atoms with E-state index in [-0.39, 0.29) is 11.7 Å². The molecule has 0 unspecified atom stereocenters. The van der Waals surface area contributed by atoms with Crippen molar-refractivity contribution < 1.29 is 4.79 Å². The summed E-state index contributed by atoms with van der Waals surface area (Å²) in [4.78, 5) is 13.3. The van der Waals surface area contributed by atoms with E-state index in [0.29, 0.717) is 16.7 Å². The zero-order valence-electron chi connectivity index (χ0n) is 16.0. The van der Waals surface area contributed by atoms with Crippen molar-refractivity contribution in [3.8, 4) is 11.4 Å². The average molecular weight is 446 g/mol. The fourth-order valence-corrected chi connectivity index (χ4v) is 3.85. The Morgan fingerprint density at radius 2 is 1.90 bits per heavy atom. The number of halogens is 1. The van der Waals surface area contributed by atoms with Crippen LogP contribution in [0.2, 0.25) is 5.02 Å². The third-order valence-corrected chi connectivity index (χ3v) is 5.95. The molecule has 150 valence electrons. The van der Waals surface area contributed by atoms with Gasteiger partial charge in [-0.3, -0.25) is 4.79 Å². The Hall–Kier alpha value is -2.29. The third kappa shape index (κ3) is 5.85. The quantitative estimate of drug-likeness (QED) is 0.312. The van der Waals surface area contributed by atoms with Gasteiger partial charge in [-0.05, 0) is 55.1 Å². The van der Waals surface area contributed by atoms with E-state index in [1.54, 1.807) is 18.0 Å². The summed E-state index contributed by atoms with van der Waals surface area (Å²) in [6, 6.07) is 15.4. The Bertz CT molecular complexity index is 987. The van der Waals surface area contributed by atoms with Crippen LogP contribution in [0, 0.1) is 0 Å². The largest absolute Gasteiger partial charge is 0.302 e. The van der Waals surface area contributed by atoms with Crippen molar-refractivity contribution in [2.24, 2.45) is 5.10 Å². The highest BCUT2D eigenvalue weighted by Gasteiger charge is 2.14. The lowest BCUT2D eigenvalue weighted by molar-refractivity contribution is -0.118. The van der Waals surface area contributed by atoms with Crippen LogP contribution in [0.1, 0.15) is 12.5 Å². The molecule has 6 nitrogen and oxygen atoms in total. The first kappa shape index (κ1) is 21.4. The zero-order chi connectivity index (χ0) is 20.6. The third-order valence-electron chi connectivity index (χ3n) is 3.99. The smallest absolute Gasteiger partial charge is 0.250 e. The van der Waals surface area contributed by atoms with Crippen LogP contribution in [-0.4, -0.2) is 38.9 Å². The fourth-order valence-electron chi connectivity index (χ4n) is 2.52. The normalized spacial score (nSPS) is 11.1. The highest BCUT2D eigenvalue weighted by Crippen LogP contribution is 2.25. The van der Waals surface area contributed by atoms with E-state index in [0.717, 1.165) is 17.0 Å². The molecular formula is C20H20ClN5OS2. The van der Waals surface area contributed by atoms with Crippen LogP contribution in [0.5, 0.6) is 0 Å². The second kappa shape index (κ2) is 10.5. The fraction of sp³-hybridized carbons (Fsp3) is 0.200. The topological polar surface area (TPSA) is 72.2 Å². The zero-order valence-corrected chi connectivity index (χ0v) is 18.4. The molecule has 0 aliphatic heterocycles. The number of hydrogen-bond donors (Lipinski definition) is 1. The summed E-state index contributed by atoms with van der Waals surface area (Å²) in [7, 11) is 0. The van der Waals surface area contributed by atoms with Crippen LogP contribution in [0.25, 0.3) is 11.4 Å². The Labute approximate surface area is 183 Å². The molecule has 3 rings (SSSR count). The number of amides is 1. The molecule has 0 radical (unpaired) electrons. The minimum atomic E-state index is -0.203. The van der Waals surface area contributed by atoms with Gasteiger partial charge in [0.15, 0.2) is 11.0 Å². The van der Waals surface area contributed by atoms with Crippen molar-refractivity contribution in [2.75, 3.05) is 12.0 Å². The molecule has 0 aliphatic rings. The van der Waals surface area contributed by atoms with Crippen LogP contribution < -0.4 is 5.43 Å². The first-order valence-corrected chi connectivity index (χ1v) is 11.5. The predicted octanol–water partition coefficient (Wildman–Crippen LogP) is 4.58. The second-order valence-electron chi connectivity index (χ2n) is 5.91. The molecule has 1 heterocycles. The van der Waals surface area contributed by atoms with Gasteiger partial charge in [-0.15, -0.1) is 22.0 Å². The summed E-state index contributed by atoms with van der Waals surface area (Å²) >= 11 is 8.96. The number of nitrogens with one attached hydrogen (secondary N) is 1. The lowest BCUT2D eigenvalue weighted by Crippen LogP contribution is -2.20. The number of hydrogen-bond acceptors (Lipinski definition) is 6. The van der Waals surface area contributed by atoms with Crippen molar-refractivity contribution in [3.05, 3.63) is 59.1 Å². The van der Waals surface area contributed by atoms with Crippen molar-refractivity contribution >= 4 is 47.2 Å². The number of nitrogens with zero attached hydrogens (tertiary/aromatic N) is 4. The second-order valence-corrected chi connectivity index (χ2v) is 8.17. The molecule has 0 bridgehead atoms. The molecule has 1 aromatic heterocycles. The minimum Gasteiger partial charge on any atom is -0.302 e. The maximum atomic E-state index is 12.1. The first-order valence-electron chi connectivity index (χ1n) is 8.88. The number of benzene rings is 2. The van der Waals surface area contributed by atoms with Gasteiger partial charge in [-0.25, -0.2) is 5.43 Å². The molecule has 1 amide bonds. The lowest BCUT2D eigenvalue weighted by Gasteiger charge is -2.07. The van der Waals surface area contributed by atoms with Gasteiger partial charge >= 0.3 is 0 Å². The predicted molar refractivity (Wildman–Crippen MR) is 121 cm³/mol. The number of carbonyl (C=O) groups excluding carboxylic acids is 1. The first-order chi connectivity index (χ1) is 14.1. The van der Waals surface area contributed by atoms with E-state index in [1.807, 2.05) is 66.3 Å². The summed E-state index contributed by atoms with van der Waals surface area (Å²) in [5, 5.41) is 13.9. The van der Waals surface area contributed by atoms with E-state index in [9.17, 15) is 4.79 Å². The Balaban J connectivity index is 1.57. The summed E-state index contributed by atoms with van der Waals surface area (Å²) in [5.74, 6) is 0.742. The van der Waals surface area contributed by atoms with E-state index >= 15 is 0 Å². The Morgan fingerprint density at radius 3 is 2.55 bits per heavy atom. The molecule has 2 aromatic carbocycles. The summed E-state index contributed by atoms with van der Waals surface area (Å²) < 4.78 is 1.97. The molecule has 1 N–H and O–H groups in total. The number of thioether (sulfide) groups is 2. The molecule has 9 heteroatoms. The van der Waals surface area contributed by atoms with Crippen molar-refractivity contribution in [1.29, 1.82) is 0 Å². The van der Waals surface area contributed by atoms with Crippen LogP contribution in [0.4, 0.5) is 0 Å². The van der Waals surface area contributed by atoms with Gasteiger partial charge in [-0.1, -0.05) is 35.5 Å². The van der Waals surface area contributed by atoms with Gasteiger partial charge in [0.05, 0.1) is 12.0 Å². The van der Waals surface area contributed by atoms with Crippen molar-refractivity contribution in [3.63, 3.8) is 0 Å². The lowest BCUT2D eigenvalue weighted by atomic mass is 10.2. The molecule has 0 spiro atoms. The number of aromatic nitrogens is 3. The van der Waals surface area contributed by atoms with Crippen LogP contribution in [-0.2, 0) is 11.3 Å². The van der Waals surface area contributed by atoms with Gasteiger partial charge < -0.3 is 4.57 Å². The maximum absolute atomic E-state index is 12.1. The van der Waals surface area contributed by atoms with Gasteiger partial charge in [-0.2, -0.15) is 5.10 Å². The van der Waals surface area contributed by atoms with E-state index < -0.39 is 0 Å². The monoisotopic (exact) mass is 445 g/mol. The molecule has 29 heavy (non-hydrogen) atoms. The SMILES string of the molecule is CCn1c(SCC(=O)NN=Cc2ccc(SC)cc2)nnc1-c1ccc(Cl)cc1. The van der Waals surface area contributed by atoms with Crippen LogP contribution in [0.15, 0.2) is 63.7 Å². The Morgan fingerprint density at radius 1 is 1.17 bits per heavy atom. The summed E-state index contributed by atoms with van der Waals surface area (Å²) in [6.45, 7) is 2.71. The molecular weight excluding hydrogens is 426 g/mol. The maximum Gasteiger partial charge on any atom is 0.250 e. The van der Waals surface area contributed by atoms with Gasteiger partial charge in [0.1, 0.15) is 0 Å². The highest BCUT2D eigenvalue weighted by molar-refractivity contribution is 7.99. The van der Waals surface area contributed by atoms with Crippen LogP contribution in [0.3, 0.4) is 0 Å². The molecule has 0 saturated carbocycles. The van der Waals surface area contributed by atoms with Gasteiger partial charge in [0.25, 0.3) is 5.91 Å². The summed E-state index contributed by atoms with van der Waals surface area (Å²) in [6.07, 6.45) is 3.65. The highest BCUT2D eigenvalue weighted by atomic mass is 35.5. The molecule has 0 aliphatic carbocycles. The number of hydrazone groups is 1. The summed E-state index contributed by atoms with van der Waals surface area (Å²) in [5.41, 5.74) is 4.40. The van der Waals surface area contributed by atoms with E-state index in [1.165, 1.54) is 16.7 Å². The Kier molecular flexibility index (Phi) is 7.74. The number of rotatable bonds is 8. The standard InChI is InChI=1S/C20H20ClN5OS2/c1-3-26-19(15-6-8-16(21)9-7-15)24-25-20(26)29-13-18(27)23-22-12-14-4-10-17(28-2)11-5-14/h4-12H,3,13H2,1-2H3,(H,23,27). The molecule has 0 saturated heterocycles. The average Bonchev–Trinajstić information content (AvgIpc) is 3.16. The minimum absolute atomic E-state index is 0.196. The molecule has 3 aromatic rings. The van der Waals surface area contributed by atoms with Gasteiger partial charge in [0.2, 0.25) is 0 Å². The van der Waals surface area contributed by atoms with Gasteiger partial charge in [0, 0.05) is 22.0 Å². The number of carbonyl (C=O) groups is 1. The van der Waals surface area contributed by atoms with Crippen molar-refractivity contribution in [1.82, 2.24) is 20.2 Å². The molecule has 0 fully saturated rings. The molecule has 0 atom stereocenters. The van der Waals surface area contributed by atoms with E-state index in [2.05, 4.69) is 20.7 Å².